The molecule has 0 bridgehead atoms. The number of aryl methyl sites for hydroxylation is 1. The van der Waals surface area contributed by atoms with Gasteiger partial charge in [-0.05, 0) is 47.5 Å². The molecule has 7 nitrogen and oxygen atoms in total. The van der Waals surface area contributed by atoms with Crippen molar-refractivity contribution in [2.45, 2.75) is 28.9 Å². The summed E-state index contributed by atoms with van der Waals surface area (Å²) in [6.07, 6.45) is 1.34. The van der Waals surface area contributed by atoms with E-state index in [4.69, 9.17) is 14.8 Å². The lowest BCUT2D eigenvalue weighted by atomic mass is 9.98. The van der Waals surface area contributed by atoms with Crippen molar-refractivity contribution in [2.24, 2.45) is 5.10 Å². The Morgan fingerprint density at radius 1 is 1.07 bits per heavy atom. The van der Waals surface area contributed by atoms with E-state index in [2.05, 4.69) is 15.9 Å². The molecular weight excluding hydrogens is 608 g/mol. The lowest BCUT2D eigenvalue weighted by Gasteiger charge is -2.22. The average Bonchev–Trinajstić information content (AvgIpc) is 3.65. The summed E-state index contributed by atoms with van der Waals surface area (Å²) in [7, 11) is 1.63. The smallest absolute Gasteiger partial charge is 0.272 e. The second-order valence-corrected chi connectivity index (χ2v) is 12.3. The maximum Gasteiger partial charge on any atom is 0.272 e. The number of ether oxygens (including phenoxy) is 1. The molecule has 0 fully saturated rings. The third kappa shape index (κ3) is 5.35. The van der Waals surface area contributed by atoms with Crippen LogP contribution in [0.15, 0.2) is 103 Å². The Balaban J connectivity index is 1.31. The lowest BCUT2D eigenvalue weighted by Crippen LogP contribution is -2.29. The number of aromatic nitrogens is 2. The Labute approximate surface area is 248 Å². The van der Waals surface area contributed by atoms with E-state index in [1.165, 1.54) is 11.8 Å². The van der Waals surface area contributed by atoms with Gasteiger partial charge < -0.3 is 4.74 Å². The molecule has 0 spiro atoms. The minimum Gasteiger partial charge on any atom is -0.497 e. The summed E-state index contributed by atoms with van der Waals surface area (Å²) < 4.78 is 7.93. The molecule has 1 atom stereocenters. The SMILES string of the molecule is COc1ccc(C2CC(c3ccc(Br)cc3)=NN2C(=O)CSc2nc3c(c(=O)n2-c2ccccc2)SCC3)cc1. The van der Waals surface area contributed by atoms with Gasteiger partial charge in [0.05, 0.1) is 40.9 Å². The number of hydrogen-bond acceptors (Lipinski definition) is 7. The Morgan fingerprint density at radius 3 is 2.55 bits per heavy atom. The molecule has 2 aliphatic heterocycles. The minimum absolute atomic E-state index is 0.0820. The topological polar surface area (TPSA) is 76.8 Å². The van der Waals surface area contributed by atoms with Crippen LogP contribution in [0.25, 0.3) is 5.69 Å². The Hall–Kier alpha value is -3.34. The Kier molecular flexibility index (Phi) is 7.82. The number of carbonyl (C=O) groups excluding carboxylic acids is 1. The highest BCUT2D eigenvalue weighted by atomic mass is 79.9. The van der Waals surface area contributed by atoms with Gasteiger partial charge in [0.15, 0.2) is 5.16 Å². The number of benzene rings is 3. The molecule has 40 heavy (non-hydrogen) atoms. The van der Waals surface area contributed by atoms with Crippen LogP contribution < -0.4 is 10.3 Å². The van der Waals surface area contributed by atoms with Crippen molar-refractivity contribution in [3.8, 4) is 11.4 Å². The number of halogens is 1. The molecule has 0 saturated carbocycles. The van der Waals surface area contributed by atoms with Gasteiger partial charge in [0, 0.05) is 23.1 Å². The normalized spacial score (nSPS) is 16.1. The second kappa shape index (κ2) is 11.6. The van der Waals surface area contributed by atoms with Crippen molar-refractivity contribution in [2.75, 3.05) is 18.6 Å². The van der Waals surface area contributed by atoms with Crippen molar-refractivity contribution in [1.29, 1.82) is 0 Å². The lowest BCUT2D eigenvalue weighted by molar-refractivity contribution is -0.130. The minimum atomic E-state index is -0.252. The van der Waals surface area contributed by atoms with Gasteiger partial charge >= 0.3 is 0 Å². The van der Waals surface area contributed by atoms with Crippen molar-refractivity contribution >= 4 is 51.1 Å². The van der Waals surface area contributed by atoms with Gasteiger partial charge in [0.25, 0.3) is 11.5 Å². The first kappa shape index (κ1) is 26.9. The zero-order valence-electron chi connectivity index (χ0n) is 21.6. The van der Waals surface area contributed by atoms with E-state index < -0.39 is 0 Å². The molecule has 1 aromatic heterocycles. The summed E-state index contributed by atoms with van der Waals surface area (Å²) in [4.78, 5) is 32.8. The molecule has 6 rings (SSSR count). The largest absolute Gasteiger partial charge is 0.497 e. The second-order valence-electron chi connectivity index (χ2n) is 9.32. The van der Waals surface area contributed by atoms with Crippen LogP contribution in [0.5, 0.6) is 5.75 Å². The van der Waals surface area contributed by atoms with Gasteiger partial charge in [0.2, 0.25) is 0 Å². The molecule has 0 radical (unpaired) electrons. The summed E-state index contributed by atoms with van der Waals surface area (Å²) in [6.45, 7) is 0. The Bertz CT molecular complexity index is 1640. The van der Waals surface area contributed by atoms with Crippen LogP contribution >= 0.6 is 39.5 Å². The number of hydrogen-bond donors (Lipinski definition) is 0. The maximum atomic E-state index is 13.8. The number of methoxy groups -OCH3 is 1. The molecule has 10 heteroatoms. The van der Waals surface area contributed by atoms with Gasteiger partial charge in [-0.3, -0.25) is 14.2 Å². The van der Waals surface area contributed by atoms with Crippen LogP contribution in [0.1, 0.15) is 29.3 Å². The first-order valence-electron chi connectivity index (χ1n) is 12.8. The van der Waals surface area contributed by atoms with Crippen LogP contribution in [0.3, 0.4) is 0 Å². The van der Waals surface area contributed by atoms with E-state index in [1.54, 1.807) is 28.4 Å². The van der Waals surface area contributed by atoms with Gasteiger partial charge in [-0.1, -0.05) is 70.2 Å². The van der Waals surface area contributed by atoms with Crippen LogP contribution in [-0.4, -0.2) is 44.8 Å². The highest BCUT2D eigenvalue weighted by Crippen LogP contribution is 2.35. The predicted octanol–water partition coefficient (Wildman–Crippen LogP) is 6.12. The van der Waals surface area contributed by atoms with Gasteiger partial charge in [0.1, 0.15) is 5.75 Å². The van der Waals surface area contributed by atoms with Gasteiger partial charge in [-0.25, -0.2) is 9.99 Å². The zero-order chi connectivity index (χ0) is 27.6. The monoisotopic (exact) mass is 632 g/mol. The maximum absolute atomic E-state index is 13.8. The molecule has 1 unspecified atom stereocenters. The van der Waals surface area contributed by atoms with Crippen molar-refractivity contribution < 1.29 is 9.53 Å². The average molecular weight is 634 g/mol. The molecule has 202 valence electrons. The Morgan fingerprint density at radius 2 is 1.82 bits per heavy atom. The molecule has 3 aromatic carbocycles. The standard InChI is InChI=1S/C30H25BrN4O3S2/c1-38-23-13-9-20(10-14-23)26-17-25(19-7-11-21(31)12-8-19)33-35(26)27(36)18-40-30-32-24-15-16-39-28(24)29(37)34(30)22-5-3-2-4-6-22/h2-14,26H,15-18H2,1H3. The summed E-state index contributed by atoms with van der Waals surface area (Å²) >= 11 is 6.31. The number of thioether (sulfide) groups is 2. The molecule has 0 N–H and O–H groups in total. The fraction of sp³-hybridized carbons (Fsp3) is 0.200. The van der Waals surface area contributed by atoms with Gasteiger partial charge in [-0.2, -0.15) is 5.10 Å². The van der Waals surface area contributed by atoms with Crippen LogP contribution in [0, 0.1) is 0 Å². The molecule has 2 aliphatic rings. The fourth-order valence-corrected chi connectivity index (χ4v) is 7.00. The fourth-order valence-electron chi connectivity index (χ4n) is 4.83. The van der Waals surface area contributed by atoms with Gasteiger partial charge in [-0.15, -0.1) is 11.8 Å². The van der Waals surface area contributed by atoms with E-state index in [1.807, 2.05) is 78.9 Å². The highest BCUT2D eigenvalue weighted by molar-refractivity contribution is 9.10. The third-order valence-corrected chi connectivity index (χ3v) is 9.41. The van der Waals surface area contributed by atoms with E-state index >= 15 is 0 Å². The molecular formula is C30H25BrN4O3S2. The molecule has 0 saturated heterocycles. The summed E-state index contributed by atoms with van der Waals surface area (Å²) in [5, 5.41) is 6.91. The van der Waals surface area contributed by atoms with Crippen molar-refractivity contribution in [3.05, 3.63) is 111 Å². The number of para-hydroxylation sites is 1. The van der Waals surface area contributed by atoms with E-state index in [9.17, 15) is 9.59 Å². The van der Waals surface area contributed by atoms with E-state index in [-0.39, 0.29) is 23.3 Å². The van der Waals surface area contributed by atoms with E-state index in [0.717, 1.165) is 50.6 Å². The van der Waals surface area contributed by atoms with Crippen molar-refractivity contribution in [1.82, 2.24) is 14.6 Å². The summed E-state index contributed by atoms with van der Waals surface area (Å²) in [6, 6.07) is 24.9. The highest BCUT2D eigenvalue weighted by Gasteiger charge is 2.33. The first-order valence-corrected chi connectivity index (χ1v) is 15.5. The molecule has 1 amide bonds. The molecule has 0 aliphatic carbocycles. The summed E-state index contributed by atoms with van der Waals surface area (Å²) in [5.41, 5.74) is 4.26. The number of rotatable bonds is 7. The summed E-state index contributed by atoms with van der Waals surface area (Å²) in [5.74, 6) is 1.53. The van der Waals surface area contributed by atoms with Crippen LogP contribution in [-0.2, 0) is 11.2 Å². The van der Waals surface area contributed by atoms with Crippen molar-refractivity contribution in [3.63, 3.8) is 0 Å². The van der Waals surface area contributed by atoms with Crippen LogP contribution in [0.2, 0.25) is 0 Å². The number of fused-ring (bicyclic) bond motifs is 1. The predicted molar refractivity (Wildman–Crippen MR) is 163 cm³/mol. The number of carbonyl (C=O) groups is 1. The van der Waals surface area contributed by atoms with E-state index in [0.29, 0.717) is 16.5 Å². The third-order valence-electron chi connectivity index (χ3n) is 6.85. The number of nitrogens with zero attached hydrogens (tertiary/aromatic N) is 4. The van der Waals surface area contributed by atoms with Crippen LogP contribution in [0.4, 0.5) is 0 Å². The molecule has 4 aromatic rings. The quantitative estimate of drug-likeness (QED) is 0.180. The number of hydrazone groups is 1. The molecule has 3 heterocycles. The zero-order valence-corrected chi connectivity index (χ0v) is 24.8. The first-order chi connectivity index (χ1) is 19.5. The number of amides is 1.